The highest BCUT2D eigenvalue weighted by atomic mass is 79.9. The van der Waals surface area contributed by atoms with Gasteiger partial charge in [0.15, 0.2) is 0 Å². The SMILES string of the molecule is COC(=O)c1ccc([C@@H]2CN3CCC[C@H]3CN2)cc1Br. The predicted octanol–water partition coefficient (Wildman–Crippen LogP) is 2.34. The molecule has 1 aromatic carbocycles. The molecule has 0 amide bonds. The van der Waals surface area contributed by atoms with Crippen molar-refractivity contribution in [3.8, 4) is 0 Å². The number of ether oxygens (including phenoxy) is 1. The van der Waals surface area contributed by atoms with Crippen molar-refractivity contribution in [2.45, 2.75) is 24.9 Å². The van der Waals surface area contributed by atoms with Crippen molar-refractivity contribution in [3.63, 3.8) is 0 Å². The van der Waals surface area contributed by atoms with Gasteiger partial charge in [0.25, 0.3) is 0 Å². The van der Waals surface area contributed by atoms with Gasteiger partial charge in [-0.05, 0) is 53.0 Å². The Balaban J connectivity index is 1.77. The van der Waals surface area contributed by atoms with E-state index in [9.17, 15) is 4.79 Å². The van der Waals surface area contributed by atoms with Gasteiger partial charge in [0.2, 0.25) is 0 Å². The summed E-state index contributed by atoms with van der Waals surface area (Å²) in [7, 11) is 1.40. The van der Waals surface area contributed by atoms with E-state index < -0.39 is 0 Å². The van der Waals surface area contributed by atoms with Gasteiger partial charge in [0.05, 0.1) is 12.7 Å². The zero-order valence-corrected chi connectivity index (χ0v) is 13.1. The third-order valence-electron chi connectivity index (χ3n) is 4.32. The number of hydrogen-bond donors (Lipinski definition) is 1. The fraction of sp³-hybridized carbons (Fsp3) is 0.533. The molecule has 2 saturated heterocycles. The van der Waals surface area contributed by atoms with Crippen LogP contribution in [0.5, 0.6) is 0 Å². The summed E-state index contributed by atoms with van der Waals surface area (Å²) in [6, 6.07) is 6.94. The molecule has 1 aromatic rings. The second-order valence-electron chi connectivity index (χ2n) is 5.48. The molecule has 4 nitrogen and oxygen atoms in total. The largest absolute Gasteiger partial charge is 0.465 e. The number of rotatable bonds is 2. The first kappa shape index (κ1) is 14.0. The average Bonchev–Trinajstić information content (AvgIpc) is 2.93. The van der Waals surface area contributed by atoms with Crippen LogP contribution in [0, 0.1) is 0 Å². The Hall–Kier alpha value is -0.910. The van der Waals surface area contributed by atoms with Crippen LogP contribution in [0.2, 0.25) is 0 Å². The third kappa shape index (κ3) is 2.62. The van der Waals surface area contributed by atoms with E-state index >= 15 is 0 Å². The maximum absolute atomic E-state index is 11.6. The Morgan fingerprint density at radius 1 is 1.50 bits per heavy atom. The Bertz CT molecular complexity index is 521. The number of piperazine rings is 1. The molecule has 0 aliphatic carbocycles. The lowest BCUT2D eigenvalue weighted by atomic mass is 10.0. The Morgan fingerprint density at radius 3 is 3.10 bits per heavy atom. The third-order valence-corrected chi connectivity index (χ3v) is 4.97. The molecule has 1 N–H and O–H groups in total. The first-order valence-corrected chi connectivity index (χ1v) is 7.83. The summed E-state index contributed by atoms with van der Waals surface area (Å²) < 4.78 is 5.56. The van der Waals surface area contributed by atoms with Crippen molar-refractivity contribution in [1.29, 1.82) is 0 Å². The minimum absolute atomic E-state index is 0.306. The second-order valence-corrected chi connectivity index (χ2v) is 6.34. The standard InChI is InChI=1S/C15H19BrN2O2/c1-20-15(19)12-5-4-10(7-13(12)16)14-9-18-6-2-3-11(18)8-17-14/h4-5,7,11,14,17H,2-3,6,8-9H2,1H3/t11-,14-/m0/s1. The van der Waals surface area contributed by atoms with Gasteiger partial charge in [-0.3, -0.25) is 4.90 Å². The monoisotopic (exact) mass is 338 g/mol. The van der Waals surface area contributed by atoms with Crippen molar-refractivity contribution in [3.05, 3.63) is 33.8 Å². The number of carbonyl (C=O) groups excluding carboxylic acids is 1. The highest BCUT2D eigenvalue weighted by Gasteiger charge is 2.31. The van der Waals surface area contributed by atoms with Crippen molar-refractivity contribution >= 4 is 21.9 Å². The smallest absolute Gasteiger partial charge is 0.338 e. The van der Waals surface area contributed by atoms with E-state index in [-0.39, 0.29) is 5.97 Å². The number of esters is 1. The van der Waals surface area contributed by atoms with E-state index in [4.69, 9.17) is 4.74 Å². The Kier molecular flexibility index (Phi) is 4.10. The van der Waals surface area contributed by atoms with Crippen molar-refractivity contribution in [1.82, 2.24) is 10.2 Å². The Morgan fingerprint density at radius 2 is 2.35 bits per heavy atom. The van der Waals surface area contributed by atoms with Crippen molar-refractivity contribution in [2.24, 2.45) is 0 Å². The number of nitrogens with one attached hydrogen (secondary N) is 1. The first-order valence-electron chi connectivity index (χ1n) is 7.04. The Labute approximate surface area is 127 Å². The molecule has 0 saturated carbocycles. The normalized spacial score (nSPS) is 26.3. The molecule has 3 rings (SSSR count). The molecular weight excluding hydrogens is 320 g/mol. The van der Waals surface area contributed by atoms with E-state index in [1.165, 1.54) is 32.1 Å². The van der Waals surface area contributed by atoms with Crippen LogP contribution in [-0.2, 0) is 4.74 Å². The molecule has 0 aromatic heterocycles. The zero-order chi connectivity index (χ0) is 14.1. The molecule has 2 heterocycles. The summed E-state index contributed by atoms with van der Waals surface area (Å²) in [6.07, 6.45) is 2.62. The first-order chi connectivity index (χ1) is 9.69. The molecule has 20 heavy (non-hydrogen) atoms. The summed E-state index contributed by atoms with van der Waals surface area (Å²) in [5, 5.41) is 3.62. The number of fused-ring (bicyclic) bond motifs is 1. The van der Waals surface area contributed by atoms with E-state index in [1.54, 1.807) is 0 Å². The van der Waals surface area contributed by atoms with Gasteiger partial charge in [-0.15, -0.1) is 0 Å². The topological polar surface area (TPSA) is 41.6 Å². The van der Waals surface area contributed by atoms with Crippen LogP contribution in [0.3, 0.4) is 0 Å². The number of halogens is 1. The summed E-state index contributed by atoms with van der Waals surface area (Å²) >= 11 is 3.47. The molecule has 2 aliphatic heterocycles. The van der Waals surface area contributed by atoms with Gasteiger partial charge in [0, 0.05) is 29.6 Å². The van der Waals surface area contributed by atoms with Crippen LogP contribution < -0.4 is 5.32 Å². The van der Waals surface area contributed by atoms with E-state index in [1.807, 2.05) is 18.2 Å². The van der Waals surface area contributed by atoms with Gasteiger partial charge in [-0.25, -0.2) is 4.79 Å². The molecule has 0 unspecified atom stereocenters. The maximum Gasteiger partial charge on any atom is 0.338 e. The van der Waals surface area contributed by atoms with Gasteiger partial charge >= 0.3 is 5.97 Å². The highest BCUT2D eigenvalue weighted by Crippen LogP contribution is 2.28. The van der Waals surface area contributed by atoms with Crippen molar-refractivity contribution < 1.29 is 9.53 Å². The minimum atomic E-state index is -0.306. The van der Waals surface area contributed by atoms with Crippen LogP contribution in [-0.4, -0.2) is 43.7 Å². The molecule has 2 aliphatic rings. The van der Waals surface area contributed by atoms with Crippen LogP contribution >= 0.6 is 15.9 Å². The summed E-state index contributed by atoms with van der Waals surface area (Å²) in [5.74, 6) is -0.306. The lowest BCUT2D eigenvalue weighted by Gasteiger charge is -2.36. The maximum atomic E-state index is 11.6. The predicted molar refractivity (Wildman–Crippen MR) is 80.8 cm³/mol. The number of nitrogens with zero attached hydrogens (tertiary/aromatic N) is 1. The van der Waals surface area contributed by atoms with Gasteiger partial charge < -0.3 is 10.1 Å². The molecule has 108 valence electrons. The molecule has 0 spiro atoms. The number of methoxy groups -OCH3 is 1. The van der Waals surface area contributed by atoms with E-state index in [0.29, 0.717) is 17.6 Å². The fourth-order valence-corrected chi connectivity index (χ4v) is 3.75. The summed E-state index contributed by atoms with van der Waals surface area (Å²) in [6.45, 7) is 3.32. The van der Waals surface area contributed by atoms with Crippen LogP contribution in [0.4, 0.5) is 0 Å². The molecule has 0 bridgehead atoms. The quantitative estimate of drug-likeness (QED) is 0.840. The van der Waals surface area contributed by atoms with Crippen molar-refractivity contribution in [2.75, 3.05) is 26.7 Å². The van der Waals surface area contributed by atoms with Crippen LogP contribution in [0.25, 0.3) is 0 Å². The summed E-state index contributed by atoms with van der Waals surface area (Å²) in [5.41, 5.74) is 1.79. The number of carbonyl (C=O) groups is 1. The minimum Gasteiger partial charge on any atom is -0.465 e. The molecule has 2 fully saturated rings. The van der Waals surface area contributed by atoms with E-state index in [0.717, 1.165) is 17.6 Å². The number of benzene rings is 1. The van der Waals surface area contributed by atoms with Gasteiger partial charge in [0.1, 0.15) is 0 Å². The zero-order valence-electron chi connectivity index (χ0n) is 11.6. The van der Waals surface area contributed by atoms with Gasteiger partial charge in [-0.2, -0.15) is 0 Å². The lowest BCUT2D eigenvalue weighted by Crippen LogP contribution is -2.49. The average molecular weight is 339 g/mol. The molecule has 0 radical (unpaired) electrons. The molecule has 5 heteroatoms. The van der Waals surface area contributed by atoms with E-state index in [2.05, 4.69) is 26.1 Å². The highest BCUT2D eigenvalue weighted by molar-refractivity contribution is 9.10. The number of hydrogen-bond acceptors (Lipinski definition) is 4. The van der Waals surface area contributed by atoms with Gasteiger partial charge in [-0.1, -0.05) is 6.07 Å². The second kappa shape index (κ2) is 5.84. The summed E-state index contributed by atoms with van der Waals surface area (Å²) in [4.78, 5) is 14.2. The molecular formula is C15H19BrN2O2. The van der Waals surface area contributed by atoms with Crippen LogP contribution in [0.15, 0.2) is 22.7 Å². The van der Waals surface area contributed by atoms with Crippen LogP contribution in [0.1, 0.15) is 34.8 Å². The molecule has 2 atom stereocenters. The fourth-order valence-electron chi connectivity index (χ4n) is 3.19. The lowest BCUT2D eigenvalue weighted by molar-refractivity contribution is 0.0599.